The highest BCUT2D eigenvalue weighted by molar-refractivity contribution is 5.84. The van der Waals surface area contributed by atoms with Crippen molar-refractivity contribution in [1.29, 1.82) is 0 Å². The Bertz CT molecular complexity index is 4200. The van der Waals surface area contributed by atoms with E-state index in [0.717, 1.165) is 83.5 Å². The van der Waals surface area contributed by atoms with Gasteiger partial charge < -0.3 is 54.8 Å². The first-order valence-corrected chi connectivity index (χ1v) is 32.0. The van der Waals surface area contributed by atoms with Crippen molar-refractivity contribution in [2.24, 2.45) is 0 Å². The van der Waals surface area contributed by atoms with Crippen molar-refractivity contribution in [2.45, 2.75) is 74.2 Å². The van der Waals surface area contributed by atoms with Crippen molar-refractivity contribution in [2.75, 3.05) is 26.9 Å². The van der Waals surface area contributed by atoms with Gasteiger partial charge in [0.2, 0.25) is 0 Å². The summed E-state index contributed by atoms with van der Waals surface area (Å²) in [5.74, 6) is -3.65. The third-order valence-electron chi connectivity index (χ3n) is 18.0. The molecule has 6 N–H and O–H groups in total. The van der Waals surface area contributed by atoms with Crippen LogP contribution in [0.3, 0.4) is 0 Å². The molecule has 1 aromatic heterocycles. The molecule has 9 aromatic carbocycles. The van der Waals surface area contributed by atoms with E-state index in [-0.39, 0.29) is 44.0 Å². The lowest BCUT2D eigenvalue weighted by atomic mass is 9.77. The number of carbonyl (C=O) groups is 6. The largest absolute Gasteiger partial charge is 0.480 e. The number of fused-ring (bicyclic) bond motifs is 9. The molecule has 3 aliphatic rings. The van der Waals surface area contributed by atoms with E-state index in [1.165, 1.54) is 7.11 Å². The lowest BCUT2D eigenvalue weighted by molar-refractivity contribution is -0.143. The number of ether oxygens (including phenoxy) is 4. The average molecular weight is 1300 g/mol. The summed E-state index contributed by atoms with van der Waals surface area (Å²) in [4.78, 5) is 76.3. The number of nitrogens with zero attached hydrogens (tertiary/aromatic N) is 2. The lowest BCUT2D eigenvalue weighted by Gasteiger charge is -2.37. The van der Waals surface area contributed by atoms with Crippen LogP contribution in [0.15, 0.2) is 249 Å². The number of nitrogens with one attached hydrogen (secondary N) is 3. The van der Waals surface area contributed by atoms with Crippen molar-refractivity contribution in [3.05, 3.63) is 305 Å². The third kappa shape index (κ3) is 14.5. The van der Waals surface area contributed by atoms with Crippen LogP contribution < -0.4 is 16.0 Å². The van der Waals surface area contributed by atoms with Crippen molar-refractivity contribution in [3.63, 3.8) is 0 Å². The van der Waals surface area contributed by atoms with Gasteiger partial charge in [-0.25, -0.2) is 33.8 Å². The van der Waals surface area contributed by atoms with Crippen LogP contribution in [0.2, 0.25) is 0 Å². The molecule has 18 heteroatoms. The van der Waals surface area contributed by atoms with Gasteiger partial charge in [0.25, 0.3) is 0 Å². The maximum Gasteiger partial charge on any atom is 0.407 e. The molecule has 10 aromatic rings. The minimum absolute atomic E-state index is 0.0268. The molecule has 3 aliphatic carbocycles. The van der Waals surface area contributed by atoms with E-state index < -0.39 is 66.0 Å². The number of alkyl carbamates (subject to hydrolysis) is 3. The Hall–Kier alpha value is -11.6. The molecule has 0 spiro atoms. The molecular weight excluding hydrogens is 1230 g/mol. The number of aliphatic carboxylic acids is 3. The fourth-order valence-corrected chi connectivity index (χ4v) is 13.2. The number of carboxylic acids is 3. The maximum absolute atomic E-state index is 13.0. The lowest BCUT2D eigenvalue weighted by Crippen LogP contribution is -2.48. The Morgan fingerprint density at radius 3 is 1.03 bits per heavy atom. The number of carboxylic acid groups (broad SMARTS) is 3. The van der Waals surface area contributed by atoms with Crippen LogP contribution in [0.5, 0.6) is 0 Å². The highest BCUT2D eigenvalue weighted by Crippen LogP contribution is 2.48. The van der Waals surface area contributed by atoms with Crippen LogP contribution in [-0.4, -0.2) is 112 Å². The van der Waals surface area contributed by atoms with E-state index in [4.69, 9.17) is 24.1 Å². The number of carbonyl (C=O) groups excluding carboxylic acids is 3. The molecule has 0 unspecified atom stereocenters. The number of hydrogen-bond donors (Lipinski definition) is 6. The Balaban J connectivity index is 0.000000161. The van der Waals surface area contributed by atoms with E-state index in [0.29, 0.717) is 12.1 Å². The molecule has 3 amide bonds. The number of hydrogen-bond acceptors (Lipinski definition) is 11. The Kier molecular flexibility index (Phi) is 21.1. The summed E-state index contributed by atoms with van der Waals surface area (Å²) in [5, 5.41) is 35.6. The second kappa shape index (κ2) is 30.6. The van der Waals surface area contributed by atoms with Crippen LogP contribution in [0.1, 0.15) is 93.8 Å². The van der Waals surface area contributed by atoms with Crippen LogP contribution in [0, 0.1) is 0 Å². The monoisotopic (exact) mass is 1300 g/mol. The van der Waals surface area contributed by atoms with Gasteiger partial charge in [0.1, 0.15) is 37.4 Å². The zero-order chi connectivity index (χ0) is 68.0. The fourth-order valence-electron chi connectivity index (χ4n) is 13.2. The number of benzene rings is 9. The van der Waals surface area contributed by atoms with Gasteiger partial charge in [-0.15, -0.1) is 0 Å². The zero-order valence-corrected chi connectivity index (χ0v) is 53.6. The van der Waals surface area contributed by atoms with E-state index in [9.17, 15) is 39.0 Å². The maximum atomic E-state index is 13.0. The standard InChI is InChI=1S/C40H33N3O4.C20H21NO5.C19H19NO4/c44-38(45)37(42-39(46)47-26-36-34-22-12-10-20-32(34)33-21-11-13-23-35(33)36)24-31-25-43(27-41-31)40(28-14-4-1-5-15-28,29-16-6-2-7-17-29)30-18-8-3-9-19-30;1-12(25-2)18(19(22)23)21-20(24)26-11-17-15-9-5-3-7-13(15)14-8-4-6-10-16(14)17;1-2-17(18(21)22)20-19(23)24-11-16-14-9-5-3-7-12(14)13-8-4-6-10-15(13)16/h1-23,25,27,36-37H,24,26H2,(H,42,46)(H,44,45);3-10,12,17-18H,11H2,1-2H3,(H,21,24)(H,22,23);3-10,16-17H,2,11H2,1H3,(H,20,23)(H,21,22)/t37-;12-,18+;17-/m010/s1. The number of imidazole rings is 1. The number of amides is 3. The Labute approximate surface area is 561 Å². The quantitative estimate of drug-likeness (QED) is 0.0289. The first kappa shape index (κ1) is 66.8. The molecular formula is C79H73N5O13. The van der Waals surface area contributed by atoms with Crippen molar-refractivity contribution < 1.29 is 63.0 Å². The van der Waals surface area contributed by atoms with Gasteiger partial charge >= 0.3 is 36.2 Å². The van der Waals surface area contributed by atoms with E-state index in [1.54, 1.807) is 20.2 Å². The molecule has 0 bridgehead atoms. The molecule has 4 atom stereocenters. The topological polar surface area (TPSA) is 254 Å². The van der Waals surface area contributed by atoms with Gasteiger partial charge in [0, 0.05) is 37.5 Å². The number of rotatable bonds is 21. The Morgan fingerprint density at radius 1 is 0.433 bits per heavy atom. The van der Waals surface area contributed by atoms with Crippen molar-refractivity contribution in [1.82, 2.24) is 25.5 Å². The van der Waals surface area contributed by atoms with Crippen LogP contribution >= 0.6 is 0 Å². The summed E-state index contributed by atoms with van der Waals surface area (Å²) in [7, 11) is 1.39. The average Bonchev–Trinajstić information content (AvgIpc) is 1.63. The highest BCUT2D eigenvalue weighted by Gasteiger charge is 2.40. The SMILES string of the molecule is CC[C@H](NC(=O)OCC1c2ccccc2-c2ccccc21)C(=O)O.CO[C@H](C)[C@H](NC(=O)OCC1c2ccccc2-c2ccccc21)C(=O)O.O=C(N[C@@H](Cc1cn(C(c2ccccc2)(c2ccccc2)c2ccccc2)cn1)C(=O)O)OCC1c2ccccc2-c2ccccc21. The van der Waals surface area contributed by atoms with Crippen LogP contribution in [0.25, 0.3) is 33.4 Å². The summed E-state index contributed by atoms with van der Waals surface area (Å²) in [5.41, 5.74) is 16.2. The van der Waals surface area contributed by atoms with Gasteiger partial charge in [0.05, 0.1) is 18.1 Å². The fraction of sp³-hybridized carbons (Fsp3) is 0.203. The van der Waals surface area contributed by atoms with Crippen LogP contribution in [0.4, 0.5) is 14.4 Å². The van der Waals surface area contributed by atoms with Gasteiger partial charge in [-0.05, 0) is 96.8 Å². The van der Waals surface area contributed by atoms with Gasteiger partial charge in [-0.2, -0.15) is 0 Å². The number of methoxy groups -OCH3 is 1. The van der Waals surface area contributed by atoms with Crippen LogP contribution in [-0.2, 0) is 45.3 Å². The van der Waals surface area contributed by atoms with Gasteiger partial charge in [0.15, 0.2) is 6.04 Å². The normalized spacial score (nSPS) is 13.6. The predicted molar refractivity (Wildman–Crippen MR) is 366 cm³/mol. The molecule has 1 heterocycles. The highest BCUT2D eigenvalue weighted by atomic mass is 16.6. The smallest absolute Gasteiger partial charge is 0.407 e. The summed E-state index contributed by atoms with van der Waals surface area (Å²) in [6.45, 7) is 3.67. The minimum Gasteiger partial charge on any atom is -0.480 e. The third-order valence-corrected chi connectivity index (χ3v) is 18.0. The summed E-state index contributed by atoms with van der Waals surface area (Å²) in [6, 6.07) is 75.4. The second-order valence-electron chi connectivity index (χ2n) is 23.6. The second-order valence-corrected chi connectivity index (χ2v) is 23.6. The molecule has 0 saturated heterocycles. The van der Waals surface area contributed by atoms with E-state index >= 15 is 0 Å². The van der Waals surface area contributed by atoms with E-state index in [1.807, 2.05) is 175 Å². The summed E-state index contributed by atoms with van der Waals surface area (Å²) < 4.78 is 23.3. The zero-order valence-electron chi connectivity index (χ0n) is 53.6. The predicted octanol–water partition coefficient (Wildman–Crippen LogP) is 13.7. The molecule has 97 heavy (non-hydrogen) atoms. The molecule has 0 fully saturated rings. The number of aromatic nitrogens is 2. The van der Waals surface area contributed by atoms with Crippen molar-refractivity contribution >= 4 is 36.2 Å². The summed E-state index contributed by atoms with van der Waals surface area (Å²) >= 11 is 0. The molecule has 18 nitrogen and oxygen atoms in total. The summed E-state index contributed by atoms with van der Waals surface area (Å²) in [6.07, 6.45) is 0.936. The molecule has 0 saturated carbocycles. The van der Waals surface area contributed by atoms with E-state index in [2.05, 4.69) is 93.7 Å². The molecule has 0 aliphatic heterocycles. The van der Waals surface area contributed by atoms with Crippen molar-refractivity contribution in [3.8, 4) is 33.4 Å². The van der Waals surface area contributed by atoms with Gasteiger partial charge in [-0.3, -0.25) is 0 Å². The first-order chi connectivity index (χ1) is 47.2. The first-order valence-electron chi connectivity index (χ1n) is 32.0. The molecule has 0 radical (unpaired) electrons. The molecule has 492 valence electrons. The Morgan fingerprint density at radius 2 is 0.732 bits per heavy atom. The van der Waals surface area contributed by atoms with Gasteiger partial charge in [-0.1, -0.05) is 244 Å². The minimum atomic E-state index is -1.24. The molecule has 13 rings (SSSR count).